The van der Waals surface area contributed by atoms with Gasteiger partial charge >= 0.3 is 0 Å². The summed E-state index contributed by atoms with van der Waals surface area (Å²) in [4.78, 5) is 10.0. The maximum atomic E-state index is 13.3. The molecule has 0 bridgehead atoms. The highest BCUT2D eigenvalue weighted by Crippen LogP contribution is 2.14. The van der Waals surface area contributed by atoms with E-state index in [4.69, 9.17) is 11.6 Å². The largest absolute Gasteiger partial charge is 0.371 e. The van der Waals surface area contributed by atoms with Crippen LogP contribution in [0, 0.1) is 5.82 Å². The van der Waals surface area contributed by atoms with Crippen LogP contribution in [0.4, 0.5) is 16.2 Å². The van der Waals surface area contributed by atoms with E-state index in [1.54, 1.807) is 7.05 Å². The lowest BCUT2D eigenvalue weighted by Gasteiger charge is -2.17. The molecule has 2 rings (SSSR count). The second kappa shape index (κ2) is 6.52. The molecule has 0 amide bonds. The molecule has 2 aromatic rings. The van der Waals surface area contributed by atoms with Gasteiger partial charge in [-0.05, 0) is 24.1 Å². The van der Waals surface area contributed by atoms with Crippen molar-refractivity contribution < 1.29 is 4.39 Å². The summed E-state index contributed by atoms with van der Waals surface area (Å²) >= 11 is 5.85. The number of halogens is 2. The molecule has 1 N–H and O–H groups in total. The molecule has 1 aromatic heterocycles. The molecule has 6 heteroatoms. The van der Waals surface area contributed by atoms with Gasteiger partial charge in [-0.25, -0.2) is 9.37 Å². The fourth-order valence-corrected chi connectivity index (χ4v) is 1.89. The van der Waals surface area contributed by atoms with E-state index in [1.807, 2.05) is 36.2 Å². The Labute approximate surface area is 122 Å². The second-order valence-corrected chi connectivity index (χ2v) is 4.85. The van der Waals surface area contributed by atoms with Crippen molar-refractivity contribution in [3.8, 4) is 0 Å². The zero-order valence-corrected chi connectivity index (χ0v) is 12.2. The third-order valence-electron chi connectivity index (χ3n) is 2.96. The van der Waals surface area contributed by atoms with Gasteiger partial charge < -0.3 is 10.2 Å². The number of likely N-dealkylation sites (N-methyl/N-ethyl adjacent to an activating group) is 1. The SMILES string of the molecule is CNc1nc(N(C)CCc2ccc(Cl)cc2)ncc1F. The molecular formula is C14H16ClFN4. The molecule has 106 valence electrons. The molecule has 0 spiro atoms. The summed E-state index contributed by atoms with van der Waals surface area (Å²) in [7, 11) is 3.51. The van der Waals surface area contributed by atoms with Gasteiger partial charge in [-0.15, -0.1) is 0 Å². The summed E-state index contributed by atoms with van der Waals surface area (Å²) < 4.78 is 13.3. The van der Waals surface area contributed by atoms with Gasteiger partial charge in [0.15, 0.2) is 11.6 Å². The Hall–Kier alpha value is -1.88. The van der Waals surface area contributed by atoms with Crippen molar-refractivity contribution in [3.05, 3.63) is 46.9 Å². The molecule has 0 aliphatic rings. The van der Waals surface area contributed by atoms with E-state index < -0.39 is 5.82 Å². The minimum Gasteiger partial charge on any atom is -0.371 e. The zero-order chi connectivity index (χ0) is 14.5. The highest BCUT2D eigenvalue weighted by atomic mass is 35.5. The van der Waals surface area contributed by atoms with E-state index >= 15 is 0 Å². The van der Waals surface area contributed by atoms with Crippen molar-refractivity contribution in [2.75, 3.05) is 30.9 Å². The highest BCUT2D eigenvalue weighted by Gasteiger charge is 2.09. The molecule has 1 aromatic carbocycles. The van der Waals surface area contributed by atoms with Crippen molar-refractivity contribution in [1.29, 1.82) is 0 Å². The third-order valence-corrected chi connectivity index (χ3v) is 3.21. The van der Waals surface area contributed by atoms with Crippen molar-refractivity contribution in [2.45, 2.75) is 6.42 Å². The van der Waals surface area contributed by atoms with E-state index in [0.29, 0.717) is 5.95 Å². The Morgan fingerprint density at radius 3 is 2.65 bits per heavy atom. The van der Waals surface area contributed by atoms with Crippen LogP contribution >= 0.6 is 11.6 Å². The van der Waals surface area contributed by atoms with Crippen LogP contribution in [0.5, 0.6) is 0 Å². The van der Waals surface area contributed by atoms with Crippen molar-refractivity contribution >= 4 is 23.4 Å². The molecule has 0 radical (unpaired) electrons. The number of hydrogen-bond donors (Lipinski definition) is 1. The average Bonchev–Trinajstić information content (AvgIpc) is 2.47. The van der Waals surface area contributed by atoms with Crippen LogP contribution < -0.4 is 10.2 Å². The van der Waals surface area contributed by atoms with Gasteiger partial charge in [-0.2, -0.15) is 4.98 Å². The van der Waals surface area contributed by atoms with E-state index in [9.17, 15) is 4.39 Å². The highest BCUT2D eigenvalue weighted by molar-refractivity contribution is 6.30. The molecule has 0 saturated heterocycles. The number of anilines is 2. The summed E-state index contributed by atoms with van der Waals surface area (Å²) in [5.41, 5.74) is 1.18. The van der Waals surface area contributed by atoms with Gasteiger partial charge in [0.1, 0.15) is 0 Å². The Balaban J connectivity index is 2.01. The lowest BCUT2D eigenvalue weighted by molar-refractivity contribution is 0.617. The maximum absolute atomic E-state index is 13.3. The van der Waals surface area contributed by atoms with Crippen molar-refractivity contribution in [2.24, 2.45) is 0 Å². The summed E-state index contributed by atoms with van der Waals surface area (Å²) in [6, 6.07) is 7.70. The van der Waals surface area contributed by atoms with Gasteiger partial charge in [0.2, 0.25) is 5.95 Å². The third kappa shape index (κ3) is 3.57. The summed E-state index contributed by atoms with van der Waals surface area (Å²) in [5.74, 6) is 0.236. The zero-order valence-electron chi connectivity index (χ0n) is 11.4. The molecule has 0 fully saturated rings. The predicted molar refractivity (Wildman–Crippen MR) is 80.0 cm³/mol. The van der Waals surface area contributed by atoms with E-state index in [1.165, 1.54) is 11.8 Å². The van der Waals surface area contributed by atoms with Crippen LogP contribution in [0.3, 0.4) is 0 Å². The van der Waals surface area contributed by atoms with Crippen LogP contribution in [-0.2, 0) is 6.42 Å². The molecule has 1 heterocycles. The fourth-order valence-electron chi connectivity index (χ4n) is 1.76. The quantitative estimate of drug-likeness (QED) is 0.920. The number of nitrogens with one attached hydrogen (secondary N) is 1. The monoisotopic (exact) mass is 294 g/mol. The molecule has 20 heavy (non-hydrogen) atoms. The summed E-state index contributed by atoms with van der Waals surface area (Å²) in [6.45, 7) is 0.733. The molecule has 0 aliphatic carbocycles. The Bertz CT molecular complexity index is 574. The molecule has 0 atom stereocenters. The van der Waals surface area contributed by atoms with Crippen molar-refractivity contribution in [1.82, 2.24) is 9.97 Å². The van der Waals surface area contributed by atoms with Crippen molar-refractivity contribution in [3.63, 3.8) is 0 Å². The van der Waals surface area contributed by atoms with Crippen LogP contribution in [0.25, 0.3) is 0 Å². The Morgan fingerprint density at radius 2 is 2.00 bits per heavy atom. The van der Waals surface area contributed by atoms with E-state index in [-0.39, 0.29) is 5.82 Å². The lowest BCUT2D eigenvalue weighted by atomic mass is 10.1. The minimum absolute atomic E-state index is 0.202. The van der Waals surface area contributed by atoms with Crippen LogP contribution in [0.15, 0.2) is 30.5 Å². The van der Waals surface area contributed by atoms with Gasteiger partial charge in [0, 0.05) is 25.7 Å². The fraction of sp³-hybridized carbons (Fsp3) is 0.286. The first kappa shape index (κ1) is 14.5. The second-order valence-electron chi connectivity index (χ2n) is 4.41. The molecular weight excluding hydrogens is 279 g/mol. The predicted octanol–water partition coefficient (Wildman–Crippen LogP) is 2.99. The Kier molecular flexibility index (Phi) is 4.74. The first-order chi connectivity index (χ1) is 9.60. The first-order valence-electron chi connectivity index (χ1n) is 6.26. The molecule has 0 unspecified atom stereocenters. The smallest absolute Gasteiger partial charge is 0.227 e. The number of rotatable bonds is 5. The van der Waals surface area contributed by atoms with E-state index in [2.05, 4.69) is 15.3 Å². The van der Waals surface area contributed by atoms with Gasteiger partial charge in [-0.3, -0.25) is 0 Å². The van der Waals surface area contributed by atoms with E-state index in [0.717, 1.165) is 18.0 Å². The number of benzene rings is 1. The summed E-state index contributed by atoms with van der Waals surface area (Å²) in [5, 5.41) is 3.43. The maximum Gasteiger partial charge on any atom is 0.227 e. The normalized spacial score (nSPS) is 10.4. The van der Waals surface area contributed by atoms with Gasteiger partial charge in [0.05, 0.1) is 6.20 Å². The van der Waals surface area contributed by atoms with Gasteiger partial charge in [-0.1, -0.05) is 23.7 Å². The van der Waals surface area contributed by atoms with Crippen LogP contribution in [0.1, 0.15) is 5.56 Å². The number of hydrogen-bond acceptors (Lipinski definition) is 4. The molecule has 0 aliphatic heterocycles. The number of aromatic nitrogens is 2. The molecule has 0 saturated carbocycles. The van der Waals surface area contributed by atoms with Crippen LogP contribution in [0.2, 0.25) is 5.02 Å². The standard InChI is InChI=1S/C14H16ClFN4/c1-17-13-12(16)9-18-14(19-13)20(2)8-7-10-3-5-11(15)6-4-10/h3-6,9H,7-8H2,1-2H3,(H,17,18,19). The minimum atomic E-state index is -0.456. The topological polar surface area (TPSA) is 41.1 Å². The lowest BCUT2D eigenvalue weighted by Crippen LogP contribution is -2.23. The van der Waals surface area contributed by atoms with Gasteiger partial charge in [0.25, 0.3) is 0 Å². The average molecular weight is 295 g/mol. The summed E-state index contributed by atoms with van der Waals surface area (Å²) in [6.07, 6.45) is 2.01. The first-order valence-corrected chi connectivity index (χ1v) is 6.64. The molecule has 4 nitrogen and oxygen atoms in total. The Morgan fingerprint density at radius 1 is 1.30 bits per heavy atom. The number of nitrogens with zero attached hydrogens (tertiary/aromatic N) is 3. The van der Waals surface area contributed by atoms with Crippen LogP contribution in [-0.4, -0.2) is 30.6 Å².